The monoisotopic (exact) mass is 223 g/mol. The van der Waals surface area contributed by atoms with Gasteiger partial charge in [-0.1, -0.05) is 16.8 Å². The number of hydrogen-bond acceptors (Lipinski definition) is 3. The molecule has 5 nitrogen and oxygen atoms in total. The van der Waals surface area contributed by atoms with Gasteiger partial charge in [0, 0.05) is 5.02 Å². The number of hydrogen-bond donors (Lipinski definition) is 1. The van der Waals surface area contributed by atoms with E-state index in [1.54, 1.807) is 24.3 Å². The molecule has 0 aliphatic heterocycles. The van der Waals surface area contributed by atoms with Crippen LogP contribution in [-0.4, -0.2) is 26.1 Å². The molecular formula is C9H6ClN3O2. The number of rotatable bonds is 2. The number of halogens is 1. The van der Waals surface area contributed by atoms with Gasteiger partial charge in [0.2, 0.25) is 0 Å². The molecule has 0 saturated carbocycles. The average Bonchev–Trinajstić information content (AvgIpc) is 2.68. The summed E-state index contributed by atoms with van der Waals surface area (Å²) in [5.41, 5.74) is 0.615. The fourth-order valence-corrected chi connectivity index (χ4v) is 1.21. The Labute approximate surface area is 89.9 Å². The van der Waals surface area contributed by atoms with Crippen LogP contribution in [0.5, 0.6) is 0 Å². The highest BCUT2D eigenvalue weighted by molar-refractivity contribution is 6.30. The summed E-state index contributed by atoms with van der Waals surface area (Å²) in [7, 11) is 0. The van der Waals surface area contributed by atoms with E-state index in [0.717, 1.165) is 0 Å². The molecule has 2 rings (SSSR count). The van der Waals surface area contributed by atoms with E-state index < -0.39 is 5.97 Å². The number of aromatic nitrogens is 3. The van der Waals surface area contributed by atoms with E-state index in [1.165, 1.54) is 10.9 Å². The Kier molecular flexibility index (Phi) is 2.39. The number of aromatic carboxylic acids is 1. The van der Waals surface area contributed by atoms with Crippen LogP contribution in [-0.2, 0) is 0 Å². The normalized spacial score (nSPS) is 10.2. The van der Waals surface area contributed by atoms with E-state index in [9.17, 15) is 4.79 Å². The summed E-state index contributed by atoms with van der Waals surface area (Å²) in [5, 5.41) is 16.4. The molecule has 0 aliphatic carbocycles. The molecule has 0 fully saturated rings. The molecule has 76 valence electrons. The first-order chi connectivity index (χ1) is 7.16. The van der Waals surface area contributed by atoms with E-state index in [2.05, 4.69) is 10.3 Å². The van der Waals surface area contributed by atoms with Crippen LogP contribution in [0.2, 0.25) is 5.02 Å². The van der Waals surface area contributed by atoms with Gasteiger partial charge in [-0.2, -0.15) is 0 Å². The molecule has 2 aromatic rings. The molecular weight excluding hydrogens is 218 g/mol. The van der Waals surface area contributed by atoms with E-state index >= 15 is 0 Å². The van der Waals surface area contributed by atoms with Gasteiger partial charge in [-0.25, -0.2) is 9.48 Å². The first-order valence-electron chi connectivity index (χ1n) is 4.08. The van der Waals surface area contributed by atoms with E-state index in [0.29, 0.717) is 10.7 Å². The molecule has 0 unspecified atom stereocenters. The first-order valence-corrected chi connectivity index (χ1v) is 4.46. The van der Waals surface area contributed by atoms with Crippen molar-refractivity contribution in [2.24, 2.45) is 0 Å². The van der Waals surface area contributed by atoms with Crippen molar-refractivity contribution in [3.05, 3.63) is 41.2 Å². The number of carboxylic acids is 1. The maximum absolute atomic E-state index is 10.6. The predicted octanol–water partition coefficient (Wildman–Crippen LogP) is 1.62. The lowest BCUT2D eigenvalue weighted by atomic mass is 10.3. The third-order valence-corrected chi connectivity index (χ3v) is 2.06. The summed E-state index contributed by atoms with van der Waals surface area (Å²) in [6.07, 6.45) is 1.34. The lowest BCUT2D eigenvalue weighted by molar-refractivity contribution is 0.0690. The molecule has 1 N–H and O–H groups in total. The first kappa shape index (κ1) is 9.67. The zero-order valence-electron chi connectivity index (χ0n) is 7.46. The molecule has 0 amide bonds. The van der Waals surface area contributed by atoms with Gasteiger partial charge in [-0.05, 0) is 24.3 Å². The van der Waals surface area contributed by atoms with Crippen LogP contribution in [0.15, 0.2) is 30.5 Å². The third kappa shape index (κ3) is 1.97. The van der Waals surface area contributed by atoms with Gasteiger partial charge in [0.25, 0.3) is 0 Å². The summed E-state index contributed by atoms with van der Waals surface area (Å²) in [4.78, 5) is 10.6. The van der Waals surface area contributed by atoms with Crippen molar-refractivity contribution in [2.45, 2.75) is 0 Å². The minimum absolute atomic E-state index is 0.0926. The molecule has 0 radical (unpaired) electrons. The fraction of sp³-hybridized carbons (Fsp3) is 0. The largest absolute Gasteiger partial charge is 0.476 e. The predicted molar refractivity (Wildman–Crippen MR) is 53.3 cm³/mol. The number of carbonyl (C=O) groups is 1. The molecule has 0 spiro atoms. The van der Waals surface area contributed by atoms with Crippen molar-refractivity contribution in [2.75, 3.05) is 0 Å². The Bertz CT molecular complexity index is 492. The van der Waals surface area contributed by atoms with Gasteiger partial charge in [0.05, 0.1) is 11.9 Å². The quantitative estimate of drug-likeness (QED) is 0.840. The zero-order valence-corrected chi connectivity index (χ0v) is 8.22. The summed E-state index contributed by atoms with van der Waals surface area (Å²) < 4.78 is 1.37. The third-order valence-electron chi connectivity index (χ3n) is 1.80. The van der Waals surface area contributed by atoms with Crippen LogP contribution in [0.1, 0.15) is 10.5 Å². The topological polar surface area (TPSA) is 68.0 Å². The summed E-state index contributed by atoms with van der Waals surface area (Å²) in [6, 6.07) is 6.84. The van der Waals surface area contributed by atoms with Crippen molar-refractivity contribution in [3.8, 4) is 5.69 Å². The van der Waals surface area contributed by atoms with Gasteiger partial charge < -0.3 is 5.11 Å². The Morgan fingerprint density at radius 3 is 2.53 bits per heavy atom. The summed E-state index contributed by atoms with van der Waals surface area (Å²) in [6.45, 7) is 0. The van der Waals surface area contributed by atoms with Crippen LogP contribution in [0.4, 0.5) is 0 Å². The SMILES string of the molecule is O=C(O)c1cn(-c2ccc(Cl)cc2)nn1. The Morgan fingerprint density at radius 2 is 2.00 bits per heavy atom. The highest BCUT2D eigenvalue weighted by Gasteiger charge is 2.08. The van der Waals surface area contributed by atoms with Crippen molar-refractivity contribution in [3.63, 3.8) is 0 Å². The molecule has 0 atom stereocenters. The smallest absolute Gasteiger partial charge is 0.358 e. The van der Waals surface area contributed by atoms with Gasteiger partial charge in [-0.15, -0.1) is 5.10 Å². The highest BCUT2D eigenvalue weighted by atomic mass is 35.5. The fourth-order valence-electron chi connectivity index (χ4n) is 1.08. The minimum atomic E-state index is -1.10. The zero-order chi connectivity index (χ0) is 10.8. The van der Waals surface area contributed by atoms with E-state index in [4.69, 9.17) is 16.7 Å². The minimum Gasteiger partial charge on any atom is -0.476 e. The van der Waals surface area contributed by atoms with Crippen LogP contribution in [0, 0.1) is 0 Å². The average molecular weight is 224 g/mol. The number of nitrogens with zero attached hydrogens (tertiary/aromatic N) is 3. The van der Waals surface area contributed by atoms with Crippen molar-refractivity contribution in [1.82, 2.24) is 15.0 Å². The molecule has 1 aromatic heterocycles. The van der Waals surface area contributed by atoms with Crippen molar-refractivity contribution in [1.29, 1.82) is 0 Å². The maximum atomic E-state index is 10.6. The van der Waals surface area contributed by atoms with Gasteiger partial charge in [0.15, 0.2) is 5.69 Å². The van der Waals surface area contributed by atoms with Gasteiger partial charge >= 0.3 is 5.97 Å². The van der Waals surface area contributed by atoms with Crippen LogP contribution >= 0.6 is 11.6 Å². The molecule has 0 saturated heterocycles. The van der Waals surface area contributed by atoms with E-state index in [1.807, 2.05) is 0 Å². The summed E-state index contributed by atoms with van der Waals surface area (Å²) in [5.74, 6) is -1.10. The van der Waals surface area contributed by atoms with Crippen molar-refractivity contribution < 1.29 is 9.90 Å². The van der Waals surface area contributed by atoms with Crippen LogP contribution in [0.25, 0.3) is 5.69 Å². The van der Waals surface area contributed by atoms with Crippen LogP contribution < -0.4 is 0 Å². The second-order valence-corrected chi connectivity index (χ2v) is 3.27. The lowest BCUT2D eigenvalue weighted by Crippen LogP contribution is -1.95. The molecule has 6 heteroatoms. The second-order valence-electron chi connectivity index (χ2n) is 2.83. The van der Waals surface area contributed by atoms with Crippen molar-refractivity contribution >= 4 is 17.6 Å². The molecule has 15 heavy (non-hydrogen) atoms. The van der Waals surface area contributed by atoms with Crippen LogP contribution in [0.3, 0.4) is 0 Å². The Balaban J connectivity index is 2.37. The molecule has 0 aliphatic rings. The highest BCUT2D eigenvalue weighted by Crippen LogP contribution is 2.12. The Morgan fingerprint density at radius 1 is 1.33 bits per heavy atom. The standard InChI is InChI=1S/C9H6ClN3O2/c10-6-1-3-7(4-2-6)13-5-8(9(14)15)11-12-13/h1-5H,(H,14,15). The molecule has 1 aromatic carbocycles. The number of carboxylic acid groups (broad SMARTS) is 1. The lowest BCUT2D eigenvalue weighted by Gasteiger charge is -1.98. The van der Waals surface area contributed by atoms with E-state index in [-0.39, 0.29) is 5.69 Å². The summed E-state index contributed by atoms with van der Waals surface area (Å²) >= 11 is 5.72. The number of benzene rings is 1. The molecule has 0 bridgehead atoms. The molecule has 1 heterocycles. The van der Waals surface area contributed by atoms with Gasteiger partial charge in [-0.3, -0.25) is 0 Å². The van der Waals surface area contributed by atoms with Gasteiger partial charge in [0.1, 0.15) is 0 Å². The second kappa shape index (κ2) is 3.70. The maximum Gasteiger partial charge on any atom is 0.358 e. The Hall–Kier alpha value is -1.88.